The van der Waals surface area contributed by atoms with Gasteiger partial charge in [-0.15, -0.1) is 0 Å². The van der Waals surface area contributed by atoms with Crippen LogP contribution in [0.25, 0.3) is 0 Å². The molecule has 0 unspecified atom stereocenters. The van der Waals surface area contributed by atoms with E-state index in [1.807, 2.05) is 0 Å². The van der Waals surface area contributed by atoms with Crippen LogP contribution < -0.4 is 19.5 Å². The predicted molar refractivity (Wildman–Crippen MR) is 105 cm³/mol. The van der Waals surface area contributed by atoms with E-state index in [4.69, 9.17) is 18.9 Å². The van der Waals surface area contributed by atoms with Crippen molar-refractivity contribution < 1.29 is 28.5 Å². The van der Waals surface area contributed by atoms with Gasteiger partial charge in [0.05, 0.1) is 27.8 Å². The van der Waals surface area contributed by atoms with Gasteiger partial charge in [-0.1, -0.05) is 26.7 Å². The molecule has 1 N–H and O–H groups in total. The lowest BCUT2D eigenvalue weighted by Gasteiger charge is -2.34. The van der Waals surface area contributed by atoms with Crippen LogP contribution in [0.5, 0.6) is 17.2 Å². The minimum Gasteiger partial charge on any atom is -0.493 e. The highest BCUT2D eigenvalue weighted by atomic mass is 16.5. The Morgan fingerprint density at radius 3 is 2.25 bits per heavy atom. The van der Waals surface area contributed by atoms with E-state index in [1.165, 1.54) is 27.8 Å². The number of hydrogen-bond donors (Lipinski definition) is 1. The van der Waals surface area contributed by atoms with Crippen molar-refractivity contribution in [2.24, 2.45) is 11.8 Å². The first-order valence-electron chi connectivity index (χ1n) is 9.63. The second kappa shape index (κ2) is 10.2. The summed E-state index contributed by atoms with van der Waals surface area (Å²) in [6.07, 6.45) is 3.27. The van der Waals surface area contributed by atoms with Crippen LogP contribution in [0.3, 0.4) is 0 Å². The largest absolute Gasteiger partial charge is 0.493 e. The van der Waals surface area contributed by atoms with Crippen molar-refractivity contribution in [1.82, 2.24) is 5.32 Å². The van der Waals surface area contributed by atoms with E-state index >= 15 is 0 Å². The molecular formula is C21H31NO6. The fourth-order valence-electron chi connectivity index (χ4n) is 3.64. The van der Waals surface area contributed by atoms with E-state index in [9.17, 15) is 9.59 Å². The molecule has 7 nitrogen and oxygen atoms in total. The standard InChI is InChI=1S/C21H31NO6/c1-13-7-6-8-16(14(13)2)22-19(23)12-28-20(24)11-15-9-17(25-3)21(27-5)18(10-15)26-4/h9-10,13-14,16H,6-8,11-12H2,1-5H3,(H,22,23)/t13-,14+,16-/m0/s1. The van der Waals surface area contributed by atoms with E-state index in [2.05, 4.69) is 19.2 Å². The summed E-state index contributed by atoms with van der Waals surface area (Å²) < 4.78 is 21.0. The maximum absolute atomic E-state index is 12.2. The molecule has 2 rings (SSSR count). The van der Waals surface area contributed by atoms with E-state index in [1.54, 1.807) is 12.1 Å². The van der Waals surface area contributed by atoms with Gasteiger partial charge in [0.1, 0.15) is 0 Å². The monoisotopic (exact) mass is 393 g/mol. The van der Waals surface area contributed by atoms with Gasteiger partial charge in [0.15, 0.2) is 18.1 Å². The maximum Gasteiger partial charge on any atom is 0.310 e. The third kappa shape index (κ3) is 5.53. The second-order valence-corrected chi connectivity index (χ2v) is 7.31. The van der Waals surface area contributed by atoms with Crippen LogP contribution in [0, 0.1) is 11.8 Å². The molecule has 0 saturated heterocycles. The molecule has 0 radical (unpaired) electrons. The number of rotatable bonds is 8. The minimum absolute atomic E-state index is 0.000853. The molecule has 1 aliphatic rings. The molecule has 1 fully saturated rings. The van der Waals surface area contributed by atoms with Crippen molar-refractivity contribution in [2.75, 3.05) is 27.9 Å². The average molecular weight is 393 g/mol. The summed E-state index contributed by atoms with van der Waals surface area (Å²) in [6.45, 7) is 4.09. The van der Waals surface area contributed by atoms with Crippen LogP contribution in [-0.2, 0) is 20.7 Å². The highest BCUT2D eigenvalue weighted by Crippen LogP contribution is 2.38. The van der Waals surface area contributed by atoms with Crippen molar-refractivity contribution in [3.8, 4) is 17.2 Å². The van der Waals surface area contributed by atoms with E-state index < -0.39 is 5.97 Å². The summed E-state index contributed by atoms with van der Waals surface area (Å²) in [4.78, 5) is 24.3. The van der Waals surface area contributed by atoms with Crippen molar-refractivity contribution in [3.63, 3.8) is 0 Å². The summed E-state index contributed by atoms with van der Waals surface area (Å²) >= 11 is 0. The topological polar surface area (TPSA) is 83.1 Å². The number of esters is 1. The lowest BCUT2D eigenvalue weighted by atomic mass is 9.78. The van der Waals surface area contributed by atoms with Crippen LogP contribution in [0.4, 0.5) is 0 Å². The SMILES string of the molecule is COc1cc(CC(=O)OCC(=O)N[C@H]2CCC[C@H](C)[C@H]2C)cc(OC)c1OC. The van der Waals surface area contributed by atoms with Gasteiger partial charge in [-0.2, -0.15) is 0 Å². The Bertz CT molecular complexity index is 664. The first kappa shape index (κ1) is 21.9. The molecule has 0 aromatic heterocycles. The van der Waals surface area contributed by atoms with E-state index in [0.717, 1.165) is 12.8 Å². The Balaban J connectivity index is 1.89. The number of amides is 1. The van der Waals surface area contributed by atoms with Gasteiger partial charge in [0, 0.05) is 6.04 Å². The lowest BCUT2D eigenvalue weighted by molar-refractivity contribution is -0.148. The summed E-state index contributed by atoms with van der Waals surface area (Å²) in [5.41, 5.74) is 0.648. The molecule has 156 valence electrons. The molecule has 0 spiro atoms. The quantitative estimate of drug-likeness (QED) is 0.684. The highest BCUT2D eigenvalue weighted by molar-refractivity contribution is 5.81. The fraction of sp³-hybridized carbons (Fsp3) is 0.619. The zero-order valence-corrected chi connectivity index (χ0v) is 17.4. The zero-order chi connectivity index (χ0) is 20.7. The Kier molecular flexibility index (Phi) is 7.96. The van der Waals surface area contributed by atoms with E-state index in [0.29, 0.717) is 34.6 Å². The highest BCUT2D eigenvalue weighted by Gasteiger charge is 2.28. The molecule has 1 aliphatic carbocycles. The van der Waals surface area contributed by atoms with Gasteiger partial charge in [0.25, 0.3) is 5.91 Å². The summed E-state index contributed by atoms with van der Waals surface area (Å²) in [6, 6.07) is 3.52. The van der Waals surface area contributed by atoms with Crippen LogP contribution in [0.2, 0.25) is 0 Å². The Labute approximate surface area is 166 Å². The lowest BCUT2D eigenvalue weighted by Crippen LogP contribution is -2.45. The summed E-state index contributed by atoms with van der Waals surface area (Å²) in [5.74, 6) is 1.64. The van der Waals surface area contributed by atoms with Crippen molar-refractivity contribution in [2.45, 2.75) is 45.6 Å². The molecule has 28 heavy (non-hydrogen) atoms. The first-order valence-corrected chi connectivity index (χ1v) is 9.63. The van der Waals surface area contributed by atoms with Gasteiger partial charge < -0.3 is 24.3 Å². The van der Waals surface area contributed by atoms with Crippen LogP contribution in [0.15, 0.2) is 12.1 Å². The van der Waals surface area contributed by atoms with Crippen molar-refractivity contribution in [1.29, 1.82) is 0 Å². The molecule has 0 bridgehead atoms. The predicted octanol–water partition coefficient (Wildman–Crippen LogP) is 2.74. The number of nitrogens with one attached hydrogen (secondary N) is 1. The zero-order valence-electron chi connectivity index (χ0n) is 17.4. The number of carbonyl (C=O) groups excluding carboxylic acids is 2. The molecule has 1 aromatic carbocycles. The van der Waals surface area contributed by atoms with Gasteiger partial charge in [-0.3, -0.25) is 9.59 Å². The summed E-state index contributed by atoms with van der Waals surface area (Å²) in [5, 5.41) is 3.00. The summed E-state index contributed by atoms with van der Waals surface area (Å²) in [7, 11) is 4.54. The van der Waals surface area contributed by atoms with Crippen molar-refractivity contribution >= 4 is 11.9 Å². The molecule has 1 saturated carbocycles. The number of methoxy groups -OCH3 is 3. The molecular weight excluding hydrogens is 362 g/mol. The normalized spacial score (nSPS) is 21.5. The van der Waals surface area contributed by atoms with Gasteiger partial charge in [-0.25, -0.2) is 0 Å². The molecule has 1 aromatic rings. The molecule has 1 amide bonds. The van der Waals surface area contributed by atoms with Gasteiger partial charge in [-0.05, 0) is 36.0 Å². The number of benzene rings is 1. The second-order valence-electron chi connectivity index (χ2n) is 7.31. The molecule has 0 heterocycles. The number of hydrogen-bond acceptors (Lipinski definition) is 6. The fourth-order valence-corrected chi connectivity index (χ4v) is 3.64. The number of carbonyl (C=O) groups is 2. The van der Waals surface area contributed by atoms with Crippen LogP contribution >= 0.6 is 0 Å². The smallest absolute Gasteiger partial charge is 0.310 e. The molecule has 7 heteroatoms. The molecule has 0 aliphatic heterocycles. The minimum atomic E-state index is -0.491. The maximum atomic E-state index is 12.2. The first-order chi connectivity index (χ1) is 13.4. The third-order valence-corrected chi connectivity index (χ3v) is 5.49. The Morgan fingerprint density at radius 1 is 1.04 bits per heavy atom. The average Bonchev–Trinajstić information content (AvgIpc) is 2.69. The van der Waals surface area contributed by atoms with Gasteiger partial charge in [0.2, 0.25) is 5.75 Å². The van der Waals surface area contributed by atoms with Crippen LogP contribution in [-0.4, -0.2) is 45.9 Å². The van der Waals surface area contributed by atoms with Crippen LogP contribution in [0.1, 0.15) is 38.7 Å². The Morgan fingerprint density at radius 2 is 1.68 bits per heavy atom. The molecule has 3 atom stereocenters. The van der Waals surface area contributed by atoms with E-state index in [-0.39, 0.29) is 25.0 Å². The number of ether oxygens (including phenoxy) is 4. The Hall–Kier alpha value is -2.44. The van der Waals surface area contributed by atoms with Gasteiger partial charge >= 0.3 is 5.97 Å². The van der Waals surface area contributed by atoms with Crippen molar-refractivity contribution in [3.05, 3.63) is 17.7 Å². The third-order valence-electron chi connectivity index (χ3n) is 5.49.